The summed E-state index contributed by atoms with van der Waals surface area (Å²) in [5.74, 6) is 0.602. The van der Waals surface area contributed by atoms with E-state index in [1.165, 1.54) is 12.5 Å². The van der Waals surface area contributed by atoms with Crippen molar-refractivity contribution in [3.63, 3.8) is 0 Å². The number of anilines is 1. The lowest BCUT2D eigenvalue weighted by Crippen LogP contribution is -2.38. The average Bonchev–Trinajstić information content (AvgIpc) is 3.02. The molecule has 3 aliphatic rings. The number of ether oxygens (including phenoxy) is 1. The Morgan fingerprint density at radius 1 is 1.00 bits per heavy atom. The first-order valence-corrected chi connectivity index (χ1v) is 17.0. The van der Waals surface area contributed by atoms with Crippen LogP contribution in [0.5, 0.6) is 0 Å². The fourth-order valence-corrected chi connectivity index (χ4v) is 6.91. The first-order chi connectivity index (χ1) is 21.2. The van der Waals surface area contributed by atoms with Crippen molar-refractivity contribution in [1.29, 1.82) is 0 Å². The lowest BCUT2D eigenvalue weighted by Gasteiger charge is -2.25. The molecule has 2 aliphatic carbocycles. The largest absolute Gasteiger partial charge is 0.456 e. The number of nitrogens with zero attached hydrogens (tertiary/aromatic N) is 2. The third kappa shape index (κ3) is 6.92. The van der Waals surface area contributed by atoms with Gasteiger partial charge in [-0.25, -0.2) is 9.37 Å². The summed E-state index contributed by atoms with van der Waals surface area (Å²) in [6, 6.07) is 18.4. The highest BCUT2D eigenvalue weighted by Gasteiger charge is 2.24. The van der Waals surface area contributed by atoms with E-state index in [0.717, 1.165) is 55.4 Å². The van der Waals surface area contributed by atoms with Crippen LogP contribution in [0.3, 0.4) is 0 Å². The number of hydrogen-bond acceptors (Lipinski definition) is 6. The van der Waals surface area contributed by atoms with Gasteiger partial charge in [0.2, 0.25) is 5.36 Å². The lowest BCUT2D eigenvalue weighted by atomic mass is 9.93. The zero-order valence-electron chi connectivity index (χ0n) is 25.7. The summed E-state index contributed by atoms with van der Waals surface area (Å²) in [7, 11) is -4.49. The highest BCUT2D eigenvalue weighted by molar-refractivity contribution is 7.86. The normalized spacial score (nSPS) is 14.1. The second-order valence-electron chi connectivity index (χ2n) is 11.2. The molecule has 234 valence electrons. The van der Waals surface area contributed by atoms with Crippen LogP contribution in [0.2, 0.25) is 0 Å². The molecule has 0 saturated heterocycles. The van der Waals surface area contributed by atoms with Crippen LogP contribution < -0.4 is 20.1 Å². The third-order valence-corrected chi connectivity index (χ3v) is 9.43. The van der Waals surface area contributed by atoms with E-state index in [9.17, 15) is 17.8 Å². The predicted octanol–water partition coefficient (Wildman–Crippen LogP) is 6.15. The van der Waals surface area contributed by atoms with Crippen molar-refractivity contribution in [3.05, 3.63) is 66.0 Å². The molecule has 2 aromatic carbocycles. The minimum Gasteiger partial charge on any atom is -0.456 e. The van der Waals surface area contributed by atoms with Crippen LogP contribution in [-0.4, -0.2) is 57.9 Å². The van der Waals surface area contributed by atoms with Gasteiger partial charge < -0.3 is 19.4 Å². The van der Waals surface area contributed by atoms with Gasteiger partial charge in [-0.1, -0.05) is 37.5 Å². The molecule has 0 bridgehead atoms. The molecule has 44 heavy (non-hydrogen) atoms. The molecule has 0 atom stereocenters. The van der Waals surface area contributed by atoms with Gasteiger partial charge in [0.15, 0.2) is 0 Å². The van der Waals surface area contributed by atoms with Crippen molar-refractivity contribution in [3.8, 4) is 22.5 Å². The Balaban J connectivity index is 1.54. The first kappa shape index (κ1) is 31.5. The van der Waals surface area contributed by atoms with Gasteiger partial charge in [-0.15, -0.1) is 0 Å². The van der Waals surface area contributed by atoms with Gasteiger partial charge in [-0.05, 0) is 57.9 Å². The number of likely N-dealkylation sites (N-methyl/N-ethyl adjacent to an activating group) is 1. The number of benzene rings is 3. The van der Waals surface area contributed by atoms with Gasteiger partial charge >= 0.3 is 6.09 Å². The van der Waals surface area contributed by atoms with Crippen molar-refractivity contribution in [2.45, 2.75) is 63.8 Å². The molecule has 1 aliphatic heterocycles. The van der Waals surface area contributed by atoms with Crippen molar-refractivity contribution in [2.24, 2.45) is 0 Å². The average molecular weight is 621 g/mol. The van der Waals surface area contributed by atoms with Gasteiger partial charge in [0.1, 0.15) is 35.9 Å². The van der Waals surface area contributed by atoms with Gasteiger partial charge in [-0.3, -0.25) is 4.55 Å². The maximum Gasteiger partial charge on any atom is 0.407 e. The first-order valence-electron chi connectivity index (χ1n) is 15.6. The third-order valence-electron chi connectivity index (χ3n) is 8.52. The summed E-state index contributed by atoms with van der Waals surface area (Å²) in [5, 5.41) is 4.70. The molecule has 1 fully saturated rings. The van der Waals surface area contributed by atoms with Crippen LogP contribution in [0, 0.1) is 0 Å². The smallest absolute Gasteiger partial charge is 0.407 e. The molecular formula is C34H42N3O6S+. The number of amides is 1. The molecule has 0 radical (unpaired) electrons. The molecule has 0 unspecified atom stereocenters. The molecule has 1 saturated carbocycles. The zero-order chi connectivity index (χ0) is 31.3. The molecule has 2 aromatic rings. The number of fused-ring (bicyclic) bond motifs is 2. The number of hydrogen-bond donors (Lipinski definition) is 2. The molecule has 9 nitrogen and oxygen atoms in total. The minimum absolute atomic E-state index is 0.162. The van der Waals surface area contributed by atoms with Crippen molar-refractivity contribution in [2.75, 3.05) is 37.7 Å². The lowest BCUT2D eigenvalue weighted by molar-refractivity contribution is 0.142. The molecule has 1 heterocycles. The molecule has 5 rings (SSSR count). The maximum absolute atomic E-state index is 12.4. The van der Waals surface area contributed by atoms with E-state index in [4.69, 9.17) is 9.15 Å². The summed E-state index contributed by atoms with van der Waals surface area (Å²) >= 11 is 0. The van der Waals surface area contributed by atoms with E-state index in [2.05, 4.69) is 28.6 Å². The monoisotopic (exact) mass is 620 g/mol. The van der Waals surface area contributed by atoms with Crippen LogP contribution in [0.1, 0.15) is 52.9 Å². The molecular weight excluding hydrogens is 578 g/mol. The summed E-state index contributed by atoms with van der Waals surface area (Å²) in [6.45, 7) is 9.28. The fraction of sp³-hybridized carbons (Fsp3) is 0.412. The predicted molar refractivity (Wildman–Crippen MR) is 174 cm³/mol. The van der Waals surface area contributed by atoms with Gasteiger partial charge in [0.05, 0.1) is 12.6 Å². The van der Waals surface area contributed by atoms with E-state index in [1.807, 2.05) is 43.3 Å². The topological polar surface area (TPSA) is 112 Å². The summed E-state index contributed by atoms with van der Waals surface area (Å²) in [4.78, 5) is 14.3. The van der Waals surface area contributed by atoms with E-state index in [-0.39, 0.29) is 23.6 Å². The van der Waals surface area contributed by atoms with Crippen LogP contribution >= 0.6 is 0 Å². The maximum atomic E-state index is 12.4. The minimum atomic E-state index is -4.49. The highest BCUT2D eigenvalue weighted by atomic mass is 32.2. The quantitative estimate of drug-likeness (QED) is 0.124. The molecule has 2 N–H and O–H groups in total. The van der Waals surface area contributed by atoms with Gasteiger partial charge in [0.25, 0.3) is 10.1 Å². The van der Waals surface area contributed by atoms with E-state index in [1.54, 1.807) is 18.2 Å². The summed E-state index contributed by atoms with van der Waals surface area (Å²) in [6.07, 6.45) is 5.11. The second-order valence-corrected chi connectivity index (χ2v) is 12.6. The van der Waals surface area contributed by atoms with Crippen LogP contribution in [0.4, 0.5) is 10.5 Å². The van der Waals surface area contributed by atoms with E-state index in [0.29, 0.717) is 40.9 Å². The Bertz CT molecular complexity index is 1770. The standard InChI is InChI=1S/C34H41N3O6S/c1-4-36(5-2)25-16-18-27-30(22-25)43-31-23-26(37(6-3)20-21-42-34(38)35-24-12-8-7-9-13-24)17-19-28(31)33(27)29-14-10-11-15-32(29)44(39,40)41/h10-11,14-19,22-24H,4-9,12-13,20-21H2,1-3H3,(H-,35,38,39,40,41)/p+1. The number of rotatable bonds is 10. The van der Waals surface area contributed by atoms with E-state index < -0.39 is 10.1 Å². The number of alkyl carbamates (subject to hydrolysis) is 1. The Morgan fingerprint density at radius 3 is 2.45 bits per heavy atom. The molecule has 1 amide bonds. The van der Waals surface area contributed by atoms with Crippen molar-refractivity contribution in [1.82, 2.24) is 9.89 Å². The van der Waals surface area contributed by atoms with Crippen LogP contribution in [0.15, 0.2) is 70.0 Å². The zero-order valence-corrected chi connectivity index (χ0v) is 26.5. The summed E-state index contributed by atoms with van der Waals surface area (Å²) < 4.78 is 49.2. The van der Waals surface area contributed by atoms with Gasteiger partial charge in [-0.2, -0.15) is 8.42 Å². The number of carbonyl (C=O) groups excluding carboxylic acids is 1. The number of carbonyl (C=O) groups is 1. The Labute approximate surface area is 259 Å². The molecule has 0 aromatic heterocycles. The summed E-state index contributed by atoms with van der Waals surface area (Å²) in [5.41, 5.74) is 3.25. The van der Waals surface area contributed by atoms with E-state index >= 15 is 0 Å². The second kappa shape index (κ2) is 13.8. The highest BCUT2D eigenvalue weighted by Crippen LogP contribution is 2.42. The Morgan fingerprint density at radius 2 is 1.75 bits per heavy atom. The fourth-order valence-electron chi connectivity index (χ4n) is 6.21. The molecule has 0 spiro atoms. The van der Waals surface area contributed by atoms with Crippen LogP contribution in [-0.2, 0) is 14.9 Å². The van der Waals surface area contributed by atoms with Crippen molar-refractivity contribution >= 4 is 32.9 Å². The SMILES string of the molecule is CCN(CCOC(=O)NC1CCCCC1)c1ccc2c(-c3ccccc3S(=O)(=O)O)c3ccc(=[N+](CC)CC)cc-3oc2c1. The van der Waals surface area contributed by atoms with Crippen LogP contribution in [0.25, 0.3) is 33.4 Å². The Hall–Kier alpha value is -3.89. The van der Waals surface area contributed by atoms with Crippen molar-refractivity contribution < 1.29 is 26.9 Å². The molecule has 10 heteroatoms. The Kier molecular flexibility index (Phi) is 9.90. The van der Waals surface area contributed by atoms with Gasteiger partial charge in [0, 0.05) is 52.5 Å². The number of nitrogens with one attached hydrogen (secondary N) is 1.